The summed E-state index contributed by atoms with van der Waals surface area (Å²) in [6.45, 7) is 6.59. The molecular formula is C14H25N3O2. The van der Waals surface area contributed by atoms with Crippen molar-refractivity contribution in [3.8, 4) is 0 Å². The van der Waals surface area contributed by atoms with Gasteiger partial charge in [-0.3, -0.25) is 4.90 Å². The topological polar surface area (TPSA) is 62.4 Å². The summed E-state index contributed by atoms with van der Waals surface area (Å²) in [5.74, 6) is 2.02. The lowest BCUT2D eigenvalue weighted by molar-refractivity contribution is 0.0929. The Kier molecular flexibility index (Phi) is 5.34. The van der Waals surface area contributed by atoms with Gasteiger partial charge in [-0.1, -0.05) is 18.5 Å². The number of aromatic nitrogens is 2. The van der Waals surface area contributed by atoms with Crippen LogP contribution in [-0.4, -0.2) is 39.8 Å². The Morgan fingerprint density at radius 2 is 2.16 bits per heavy atom. The van der Waals surface area contributed by atoms with Crippen molar-refractivity contribution in [1.29, 1.82) is 0 Å². The van der Waals surface area contributed by atoms with E-state index in [1.807, 2.05) is 0 Å². The van der Waals surface area contributed by atoms with Crippen LogP contribution in [-0.2, 0) is 6.42 Å². The number of hydrogen-bond acceptors (Lipinski definition) is 5. The predicted molar refractivity (Wildman–Crippen MR) is 72.7 cm³/mol. The molecule has 5 nitrogen and oxygen atoms in total. The van der Waals surface area contributed by atoms with Crippen molar-refractivity contribution in [2.75, 3.05) is 19.7 Å². The summed E-state index contributed by atoms with van der Waals surface area (Å²) in [6, 6.07) is 0.183. The minimum atomic E-state index is 0.183. The number of aliphatic hydroxyl groups excluding tert-OH is 1. The zero-order valence-corrected chi connectivity index (χ0v) is 12.0. The molecule has 19 heavy (non-hydrogen) atoms. The number of hydrogen-bond donors (Lipinski definition) is 1. The van der Waals surface area contributed by atoms with E-state index in [0.29, 0.717) is 12.5 Å². The van der Waals surface area contributed by atoms with Gasteiger partial charge in [-0.05, 0) is 45.2 Å². The first-order chi connectivity index (χ1) is 9.24. The highest BCUT2D eigenvalue weighted by Gasteiger charge is 2.26. The maximum absolute atomic E-state index is 9.16. The van der Waals surface area contributed by atoms with E-state index in [-0.39, 0.29) is 6.04 Å². The van der Waals surface area contributed by atoms with Gasteiger partial charge in [-0.25, -0.2) is 0 Å². The van der Waals surface area contributed by atoms with Gasteiger partial charge in [-0.15, -0.1) is 0 Å². The van der Waals surface area contributed by atoms with Crippen LogP contribution in [0.2, 0.25) is 0 Å². The molecule has 0 spiro atoms. The minimum absolute atomic E-state index is 0.183. The third kappa shape index (κ3) is 3.76. The first-order valence-electron chi connectivity index (χ1n) is 7.42. The molecule has 1 aliphatic heterocycles. The van der Waals surface area contributed by atoms with E-state index in [0.717, 1.165) is 56.9 Å². The van der Waals surface area contributed by atoms with Crippen LogP contribution in [0.4, 0.5) is 0 Å². The average Bonchev–Trinajstić information content (AvgIpc) is 2.93. The van der Waals surface area contributed by atoms with E-state index in [9.17, 15) is 0 Å². The average molecular weight is 267 g/mol. The van der Waals surface area contributed by atoms with Crippen LogP contribution < -0.4 is 0 Å². The Labute approximate surface area is 115 Å². The summed E-state index contributed by atoms with van der Waals surface area (Å²) in [5.41, 5.74) is 0. The molecule has 1 aromatic rings. The van der Waals surface area contributed by atoms with Gasteiger partial charge in [0.1, 0.15) is 0 Å². The largest absolute Gasteiger partial charge is 0.396 e. The molecule has 0 radical (unpaired) electrons. The maximum atomic E-state index is 9.16. The number of piperidine rings is 1. The van der Waals surface area contributed by atoms with Gasteiger partial charge in [0.15, 0.2) is 5.82 Å². The molecule has 1 fully saturated rings. The zero-order chi connectivity index (χ0) is 13.7. The van der Waals surface area contributed by atoms with Gasteiger partial charge in [0, 0.05) is 13.0 Å². The van der Waals surface area contributed by atoms with E-state index < -0.39 is 0 Å². The van der Waals surface area contributed by atoms with E-state index in [1.54, 1.807) is 0 Å². The molecule has 5 heteroatoms. The van der Waals surface area contributed by atoms with Gasteiger partial charge in [0.25, 0.3) is 0 Å². The molecule has 0 amide bonds. The Morgan fingerprint density at radius 1 is 1.42 bits per heavy atom. The van der Waals surface area contributed by atoms with E-state index in [1.165, 1.54) is 0 Å². The monoisotopic (exact) mass is 267 g/mol. The number of nitrogens with zero attached hydrogens (tertiary/aromatic N) is 3. The fourth-order valence-electron chi connectivity index (χ4n) is 2.55. The van der Waals surface area contributed by atoms with Gasteiger partial charge in [0.05, 0.1) is 6.04 Å². The van der Waals surface area contributed by atoms with Gasteiger partial charge < -0.3 is 9.63 Å². The van der Waals surface area contributed by atoms with Crippen molar-refractivity contribution in [2.45, 2.75) is 52.0 Å². The Morgan fingerprint density at radius 3 is 2.79 bits per heavy atom. The van der Waals surface area contributed by atoms with Gasteiger partial charge in [-0.2, -0.15) is 4.98 Å². The van der Waals surface area contributed by atoms with Crippen LogP contribution in [0.5, 0.6) is 0 Å². The molecule has 2 rings (SSSR count). The smallest absolute Gasteiger partial charge is 0.243 e. The second kappa shape index (κ2) is 7.01. The molecule has 1 saturated heterocycles. The fourth-order valence-corrected chi connectivity index (χ4v) is 2.55. The summed E-state index contributed by atoms with van der Waals surface area (Å²) < 4.78 is 5.38. The van der Waals surface area contributed by atoms with E-state index >= 15 is 0 Å². The maximum Gasteiger partial charge on any atom is 0.243 e. The fraction of sp³-hybridized carbons (Fsp3) is 0.857. The third-order valence-electron chi connectivity index (χ3n) is 4.05. The molecule has 1 N–H and O–H groups in total. The highest BCUT2D eigenvalue weighted by Crippen LogP contribution is 2.25. The van der Waals surface area contributed by atoms with Crippen molar-refractivity contribution >= 4 is 0 Å². The molecule has 108 valence electrons. The summed E-state index contributed by atoms with van der Waals surface area (Å²) in [5, 5.41) is 13.2. The van der Waals surface area contributed by atoms with Crippen LogP contribution in [0.25, 0.3) is 0 Å². The summed E-state index contributed by atoms with van der Waals surface area (Å²) >= 11 is 0. The molecular weight excluding hydrogens is 242 g/mol. The van der Waals surface area contributed by atoms with E-state index in [4.69, 9.17) is 9.63 Å². The summed E-state index contributed by atoms with van der Waals surface area (Å²) in [6.07, 6.45) is 5.26. The number of likely N-dealkylation sites (tertiary alicyclic amines) is 1. The Balaban J connectivity index is 1.88. The van der Waals surface area contributed by atoms with Gasteiger partial charge >= 0.3 is 0 Å². The first kappa shape index (κ1) is 14.5. The Bertz CT molecular complexity index is 373. The molecule has 1 aliphatic rings. The predicted octanol–water partition coefficient (Wildman–Crippen LogP) is 2.18. The standard InChI is InChI=1S/C14H25N3O2/c1-3-4-5-13-15-14(19-16-13)11(2)17-8-6-12(10-18)7-9-17/h11-12,18H,3-10H2,1-2H3. The number of aliphatic hydroxyl groups is 1. The third-order valence-corrected chi connectivity index (χ3v) is 4.05. The summed E-state index contributed by atoms with van der Waals surface area (Å²) in [7, 11) is 0. The molecule has 0 saturated carbocycles. The number of rotatable bonds is 6. The molecule has 2 heterocycles. The van der Waals surface area contributed by atoms with Crippen LogP contribution in [0, 0.1) is 5.92 Å². The second-order valence-corrected chi connectivity index (χ2v) is 5.49. The molecule has 1 unspecified atom stereocenters. The van der Waals surface area contributed by atoms with Crippen molar-refractivity contribution in [1.82, 2.24) is 15.0 Å². The number of unbranched alkanes of at least 4 members (excludes halogenated alkanes) is 1. The molecule has 1 atom stereocenters. The molecule has 1 aromatic heterocycles. The van der Waals surface area contributed by atoms with Crippen LogP contribution in [0.3, 0.4) is 0 Å². The van der Waals surface area contributed by atoms with Crippen LogP contribution in [0.1, 0.15) is 57.3 Å². The lowest BCUT2D eigenvalue weighted by Gasteiger charge is -2.33. The quantitative estimate of drug-likeness (QED) is 0.856. The molecule has 0 aromatic carbocycles. The first-order valence-corrected chi connectivity index (χ1v) is 7.42. The van der Waals surface area contributed by atoms with Gasteiger partial charge in [0.2, 0.25) is 5.89 Å². The van der Waals surface area contributed by atoms with Crippen LogP contribution in [0.15, 0.2) is 4.52 Å². The van der Waals surface area contributed by atoms with Crippen molar-refractivity contribution in [3.63, 3.8) is 0 Å². The molecule has 0 bridgehead atoms. The normalized spacial score (nSPS) is 19.7. The van der Waals surface area contributed by atoms with Crippen LogP contribution >= 0.6 is 0 Å². The minimum Gasteiger partial charge on any atom is -0.396 e. The SMILES string of the molecule is CCCCc1noc(C(C)N2CCC(CO)CC2)n1. The number of aryl methyl sites for hydroxylation is 1. The van der Waals surface area contributed by atoms with Crippen molar-refractivity contribution in [3.05, 3.63) is 11.7 Å². The summed E-state index contributed by atoms with van der Waals surface area (Å²) in [4.78, 5) is 6.86. The highest BCUT2D eigenvalue weighted by atomic mass is 16.5. The zero-order valence-electron chi connectivity index (χ0n) is 12.0. The Hall–Kier alpha value is -0.940. The lowest BCUT2D eigenvalue weighted by Crippen LogP contribution is -2.36. The van der Waals surface area contributed by atoms with Crippen molar-refractivity contribution in [2.24, 2.45) is 5.92 Å². The second-order valence-electron chi connectivity index (χ2n) is 5.49. The highest BCUT2D eigenvalue weighted by molar-refractivity contribution is 4.93. The lowest BCUT2D eigenvalue weighted by atomic mass is 9.97. The van der Waals surface area contributed by atoms with E-state index in [2.05, 4.69) is 28.9 Å². The molecule has 0 aliphatic carbocycles. The van der Waals surface area contributed by atoms with Crippen molar-refractivity contribution < 1.29 is 9.63 Å².